The summed E-state index contributed by atoms with van der Waals surface area (Å²) in [6.07, 6.45) is 0. The van der Waals surface area contributed by atoms with Gasteiger partial charge in [0.1, 0.15) is 0 Å². The second kappa shape index (κ2) is 10.4. The van der Waals surface area contributed by atoms with Gasteiger partial charge in [-0.1, -0.05) is 90.4 Å². The van der Waals surface area contributed by atoms with Crippen molar-refractivity contribution >= 4 is 39.3 Å². The van der Waals surface area contributed by atoms with E-state index in [1.54, 1.807) is 0 Å². The first-order chi connectivity index (χ1) is 16.6. The third-order valence-electron chi connectivity index (χ3n) is 5.73. The fourth-order valence-corrected chi connectivity index (χ4v) is 4.91. The minimum Gasteiger partial charge on any atom is -0.325 e. The molecule has 4 rings (SSSR count). The number of hydrogen-bond donors (Lipinski definition) is 1. The highest BCUT2D eigenvalue weighted by Crippen LogP contribution is 2.30. The van der Waals surface area contributed by atoms with E-state index in [0.29, 0.717) is 5.16 Å². The molecule has 180 valence electrons. The van der Waals surface area contributed by atoms with Crippen LogP contribution in [0.2, 0.25) is 0 Å². The van der Waals surface area contributed by atoms with Crippen molar-refractivity contribution < 1.29 is 4.79 Å². The summed E-state index contributed by atoms with van der Waals surface area (Å²) in [5.41, 5.74) is 6.26. The number of thioether (sulfide) groups is 1. The molecular formula is C28H29BrN4OS. The zero-order valence-corrected chi connectivity index (χ0v) is 23.0. The van der Waals surface area contributed by atoms with Crippen LogP contribution >= 0.6 is 27.7 Å². The Morgan fingerprint density at radius 3 is 2.29 bits per heavy atom. The van der Waals surface area contributed by atoms with E-state index < -0.39 is 0 Å². The average molecular weight is 550 g/mol. The number of aromatic nitrogens is 3. The molecule has 0 radical (unpaired) electrons. The number of amides is 1. The van der Waals surface area contributed by atoms with Crippen LogP contribution in [0.15, 0.2) is 76.4 Å². The van der Waals surface area contributed by atoms with Gasteiger partial charge in [0, 0.05) is 21.4 Å². The lowest BCUT2D eigenvalue weighted by Gasteiger charge is -2.19. The van der Waals surface area contributed by atoms with Crippen LogP contribution < -0.4 is 5.32 Å². The number of halogens is 1. The van der Waals surface area contributed by atoms with Crippen LogP contribution in [0, 0.1) is 13.8 Å². The van der Waals surface area contributed by atoms with E-state index in [2.05, 4.69) is 108 Å². The number of nitrogens with zero attached hydrogens (tertiary/aromatic N) is 3. The highest BCUT2D eigenvalue weighted by Gasteiger charge is 2.19. The number of carbonyl (C=O) groups excluding carboxylic acids is 1. The van der Waals surface area contributed by atoms with Crippen LogP contribution in [0.25, 0.3) is 17.1 Å². The molecule has 0 atom stereocenters. The summed E-state index contributed by atoms with van der Waals surface area (Å²) < 4.78 is 3.01. The molecule has 1 aromatic heterocycles. The molecule has 35 heavy (non-hydrogen) atoms. The van der Waals surface area contributed by atoms with Gasteiger partial charge < -0.3 is 5.32 Å². The molecule has 0 bridgehead atoms. The van der Waals surface area contributed by atoms with E-state index in [-0.39, 0.29) is 17.1 Å². The van der Waals surface area contributed by atoms with Crippen molar-refractivity contribution in [2.24, 2.45) is 0 Å². The van der Waals surface area contributed by atoms with E-state index >= 15 is 0 Å². The Balaban J connectivity index is 1.61. The second-order valence-corrected chi connectivity index (χ2v) is 11.5. The molecule has 0 aliphatic rings. The van der Waals surface area contributed by atoms with Crippen LogP contribution in [0.4, 0.5) is 5.69 Å². The first-order valence-corrected chi connectivity index (χ1v) is 13.2. The molecule has 7 heteroatoms. The maximum atomic E-state index is 12.7. The predicted octanol–water partition coefficient (Wildman–Crippen LogP) is 7.34. The van der Waals surface area contributed by atoms with Gasteiger partial charge in [-0.15, -0.1) is 10.2 Å². The Bertz CT molecular complexity index is 1340. The van der Waals surface area contributed by atoms with Crippen molar-refractivity contribution in [2.75, 3.05) is 11.1 Å². The molecular weight excluding hydrogens is 520 g/mol. The lowest BCUT2D eigenvalue weighted by molar-refractivity contribution is -0.113. The van der Waals surface area contributed by atoms with Crippen molar-refractivity contribution in [3.8, 4) is 17.1 Å². The Labute approximate surface area is 219 Å². The zero-order chi connectivity index (χ0) is 25.2. The highest BCUT2D eigenvalue weighted by molar-refractivity contribution is 9.10. The number of hydrogen-bond acceptors (Lipinski definition) is 4. The number of carbonyl (C=O) groups is 1. The van der Waals surface area contributed by atoms with E-state index in [1.807, 2.05) is 29.7 Å². The fraction of sp³-hybridized carbons (Fsp3) is 0.250. The van der Waals surface area contributed by atoms with Gasteiger partial charge in [-0.05, 0) is 60.7 Å². The number of benzene rings is 3. The van der Waals surface area contributed by atoms with Gasteiger partial charge in [-0.25, -0.2) is 0 Å². The Hall–Kier alpha value is -2.90. The molecule has 0 fully saturated rings. The molecule has 0 unspecified atom stereocenters. The van der Waals surface area contributed by atoms with E-state index in [1.165, 1.54) is 22.9 Å². The molecule has 3 aromatic carbocycles. The molecule has 5 nitrogen and oxygen atoms in total. The third kappa shape index (κ3) is 6.03. The third-order valence-corrected chi connectivity index (χ3v) is 7.15. The van der Waals surface area contributed by atoms with Crippen molar-refractivity contribution in [3.05, 3.63) is 87.9 Å². The van der Waals surface area contributed by atoms with Crippen molar-refractivity contribution in [2.45, 2.75) is 45.2 Å². The van der Waals surface area contributed by atoms with Crippen LogP contribution in [0.1, 0.15) is 37.5 Å². The van der Waals surface area contributed by atoms with E-state index in [9.17, 15) is 4.79 Å². The maximum absolute atomic E-state index is 12.7. The SMILES string of the molecule is Cc1ccc(-n2c(SCC(=O)Nc3ccc(Br)cc3C)nnc2-c2ccc(C(C)(C)C)cc2)cc1. The smallest absolute Gasteiger partial charge is 0.234 e. The highest BCUT2D eigenvalue weighted by atomic mass is 79.9. The molecule has 1 amide bonds. The average Bonchev–Trinajstić information content (AvgIpc) is 3.23. The maximum Gasteiger partial charge on any atom is 0.234 e. The van der Waals surface area contributed by atoms with Gasteiger partial charge in [0.05, 0.1) is 5.75 Å². The molecule has 1 N–H and O–H groups in total. The second-order valence-electron chi connectivity index (χ2n) is 9.60. The van der Waals surface area contributed by atoms with Gasteiger partial charge in [0.25, 0.3) is 0 Å². The molecule has 0 saturated carbocycles. The molecule has 4 aromatic rings. The van der Waals surface area contributed by atoms with Crippen molar-refractivity contribution in [3.63, 3.8) is 0 Å². The first kappa shape index (κ1) is 25.2. The summed E-state index contributed by atoms with van der Waals surface area (Å²) in [5, 5.41) is 12.6. The normalized spacial score (nSPS) is 11.5. The lowest BCUT2D eigenvalue weighted by Crippen LogP contribution is -2.15. The number of anilines is 1. The fourth-order valence-electron chi connectivity index (χ4n) is 3.68. The Kier molecular flexibility index (Phi) is 7.47. The quantitative estimate of drug-likeness (QED) is 0.256. The van der Waals surface area contributed by atoms with E-state index in [4.69, 9.17) is 0 Å². The van der Waals surface area contributed by atoms with Gasteiger partial charge in [0.15, 0.2) is 11.0 Å². The van der Waals surface area contributed by atoms with Gasteiger partial charge >= 0.3 is 0 Å². The van der Waals surface area contributed by atoms with E-state index in [0.717, 1.165) is 32.8 Å². The Morgan fingerprint density at radius 1 is 0.971 bits per heavy atom. The molecule has 0 aliphatic heterocycles. The van der Waals surface area contributed by atoms with Gasteiger partial charge in [-0.3, -0.25) is 9.36 Å². The number of rotatable bonds is 6. The molecule has 0 aliphatic carbocycles. The van der Waals surface area contributed by atoms with Crippen LogP contribution in [-0.4, -0.2) is 26.4 Å². The lowest BCUT2D eigenvalue weighted by atomic mass is 9.87. The Morgan fingerprint density at radius 2 is 1.66 bits per heavy atom. The minimum absolute atomic E-state index is 0.0741. The summed E-state index contributed by atoms with van der Waals surface area (Å²) in [6.45, 7) is 10.6. The van der Waals surface area contributed by atoms with Crippen molar-refractivity contribution in [1.29, 1.82) is 0 Å². The molecule has 1 heterocycles. The minimum atomic E-state index is -0.0880. The summed E-state index contributed by atoms with van der Waals surface area (Å²) in [6, 6.07) is 22.5. The summed E-state index contributed by atoms with van der Waals surface area (Å²) in [7, 11) is 0. The molecule has 0 saturated heterocycles. The summed E-state index contributed by atoms with van der Waals surface area (Å²) in [5.74, 6) is 0.888. The topological polar surface area (TPSA) is 59.8 Å². The largest absolute Gasteiger partial charge is 0.325 e. The first-order valence-electron chi connectivity index (χ1n) is 11.4. The van der Waals surface area contributed by atoms with Crippen LogP contribution in [-0.2, 0) is 10.2 Å². The molecule has 0 spiro atoms. The zero-order valence-electron chi connectivity index (χ0n) is 20.6. The summed E-state index contributed by atoms with van der Waals surface area (Å²) in [4.78, 5) is 12.7. The van der Waals surface area contributed by atoms with Gasteiger partial charge in [-0.2, -0.15) is 0 Å². The van der Waals surface area contributed by atoms with Crippen LogP contribution in [0.3, 0.4) is 0 Å². The number of aryl methyl sites for hydroxylation is 2. The van der Waals surface area contributed by atoms with Gasteiger partial charge in [0.2, 0.25) is 5.91 Å². The number of nitrogens with one attached hydrogen (secondary N) is 1. The van der Waals surface area contributed by atoms with Crippen molar-refractivity contribution in [1.82, 2.24) is 14.8 Å². The summed E-state index contributed by atoms with van der Waals surface area (Å²) >= 11 is 4.83. The predicted molar refractivity (Wildman–Crippen MR) is 148 cm³/mol. The monoisotopic (exact) mass is 548 g/mol. The standard InChI is InChI=1S/C28H29BrN4OS/c1-18-6-13-23(14-7-18)33-26(20-8-10-21(11-9-20)28(3,4)5)31-32-27(33)35-17-25(34)30-24-15-12-22(29)16-19(24)2/h6-16H,17H2,1-5H3,(H,30,34). The van der Waals surface area contributed by atoms with Crippen LogP contribution in [0.5, 0.6) is 0 Å².